The number of nitrogens with zero attached hydrogens (tertiary/aromatic N) is 3. The van der Waals surface area contributed by atoms with E-state index in [1.54, 1.807) is 11.9 Å². The third kappa shape index (κ3) is 4.44. The number of hydrogen-bond donors (Lipinski definition) is 1. The van der Waals surface area contributed by atoms with E-state index in [9.17, 15) is 14.4 Å². The lowest BCUT2D eigenvalue weighted by molar-refractivity contribution is -0.143. The molecule has 0 saturated carbocycles. The highest BCUT2D eigenvalue weighted by Crippen LogP contribution is 2.42. The van der Waals surface area contributed by atoms with Crippen molar-refractivity contribution in [3.05, 3.63) is 88.7 Å². The predicted octanol–water partition coefficient (Wildman–Crippen LogP) is 3.27. The maximum atomic E-state index is 13.8. The first-order chi connectivity index (χ1) is 15.8. The number of rotatable bonds is 7. The molecule has 3 aromatic rings. The van der Waals surface area contributed by atoms with Crippen LogP contribution < -0.4 is 0 Å². The Morgan fingerprint density at radius 1 is 1.09 bits per heavy atom. The number of carbonyl (C=O) groups excluding carboxylic acids is 3. The second kappa shape index (κ2) is 9.02. The van der Waals surface area contributed by atoms with Crippen molar-refractivity contribution in [2.45, 2.75) is 45.2 Å². The molecule has 7 heteroatoms. The van der Waals surface area contributed by atoms with Gasteiger partial charge < -0.3 is 4.90 Å². The van der Waals surface area contributed by atoms with Gasteiger partial charge in [0.15, 0.2) is 0 Å². The van der Waals surface area contributed by atoms with E-state index < -0.39 is 5.41 Å². The Labute approximate surface area is 193 Å². The first kappa shape index (κ1) is 22.5. The lowest BCUT2D eigenvalue weighted by Crippen LogP contribution is -2.42. The molecule has 0 bridgehead atoms. The van der Waals surface area contributed by atoms with E-state index in [0.29, 0.717) is 6.54 Å². The molecule has 1 aliphatic heterocycles. The number of benzene rings is 2. The first-order valence-corrected chi connectivity index (χ1v) is 11.0. The van der Waals surface area contributed by atoms with E-state index in [1.165, 1.54) is 4.90 Å². The van der Waals surface area contributed by atoms with Crippen LogP contribution in [-0.4, -0.2) is 44.8 Å². The van der Waals surface area contributed by atoms with E-state index in [2.05, 4.69) is 10.2 Å². The summed E-state index contributed by atoms with van der Waals surface area (Å²) >= 11 is 0. The van der Waals surface area contributed by atoms with Crippen LogP contribution in [0.5, 0.6) is 0 Å². The molecule has 1 atom stereocenters. The molecule has 1 aromatic heterocycles. The summed E-state index contributed by atoms with van der Waals surface area (Å²) in [4.78, 5) is 43.1. The molecule has 1 N–H and O–H groups in total. The van der Waals surface area contributed by atoms with Crippen LogP contribution in [-0.2, 0) is 32.9 Å². The van der Waals surface area contributed by atoms with Gasteiger partial charge in [0.25, 0.3) is 0 Å². The van der Waals surface area contributed by atoms with Gasteiger partial charge in [0.2, 0.25) is 17.7 Å². The Hall–Kier alpha value is -3.74. The zero-order chi connectivity index (χ0) is 23.6. The van der Waals surface area contributed by atoms with Crippen molar-refractivity contribution in [1.29, 1.82) is 0 Å². The number of hydrogen-bond acceptors (Lipinski definition) is 4. The van der Waals surface area contributed by atoms with Crippen LogP contribution in [0.25, 0.3) is 0 Å². The van der Waals surface area contributed by atoms with Gasteiger partial charge in [-0.15, -0.1) is 0 Å². The van der Waals surface area contributed by atoms with Crippen LogP contribution >= 0.6 is 0 Å². The van der Waals surface area contributed by atoms with Crippen LogP contribution in [0.4, 0.5) is 0 Å². The molecule has 4 rings (SSSR count). The van der Waals surface area contributed by atoms with Crippen LogP contribution in [0, 0.1) is 13.8 Å². The molecule has 1 aliphatic rings. The number of nitrogens with one attached hydrogen (secondary N) is 1. The standard InChI is InChI=1S/C26H28N4O3/c1-18-9-7-8-12-22(18)26(14-23(31)29(3)17-21-13-19(2)27-28-21)15-24(32)30(25(26)33)16-20-10-5-4-6-11-20/h4-13H,14-17H2,1-3H3,(H,27,28). The molecule has 33 heavy (non-hydrogen) atoms. The van der Waals surface area contributed by atoms with Gasteiger partial charge in [-0.1, -0.05) is 54.6 Å². The Kier molecular flexibility index (Phi) is 6.14. The highest BCUT2D eigenvalue weighted by Gasteiger charge is 2.54. The molecule has 170 valence electrons. The number of likely N-dealkylation sites (tertiary alicyclic amines) is 1. The number of H-pyrrole nitrogens is 1. The molecule has 2 aromatic carbocycles. The molecule has 2 heterocycles. The molecule has 0 radical (unpaired) electrons. The SMILES string of the molecule is Cc1cc(CN(C)C(=O)CC2(c3ccccc3C)CC(=O)N(Cc3ccccc3)C2=O)n[nH]1. The van der Waals surface area contributed by atoms with Gasteiger partial charge in [0.05, 0.1) is 24.2 Å². The van der Waals surface area contributed by atoms with Gasteiger partial charge in [-0.2, -0.15) is 5.10 Å². The van der Waals surface area contributed by atoms with E-state index in [1.807, 2.05) is 74.5 Å². The van der Waals surface area contributed by atoms with E-state index in [0.717, 1.165) is 28.1 Å². The molecular formula is C26H28N4O3. The third-order valence-corrected chi connectivity index (χ3v) is 6.29. The summed E-state index contributed by atoms with van der Waals surface area (Å²) in [5.74, 6) is -0.782. The monoisotopic (exact) mass is 444 g/mol. The Morgan fingerprint density at radius 3 is 2.45 bits per heavy atom. The maximum absolute atomic E-state index is 13.8. The van der Waals surface area contributed by atoms with Gasteiger partial charge in [-0.25, -0.2) is 0 Å². The van der Waals surface area contributed by atoms with Crippen molar-refractivity contribution in [1.82, 2.24) is 20.0 Å². The number of aryl methyl sites for hydroxylation is 2. The molecule has 7 nitrogen and oxygen atoms in total. The van der Waals surface area contributed by atoms with Gasteiger partial charge >= 0.3 is 0 Å². The molecule has 3 amide bonds. The molecular weight excluding hydrogens is 416 g/mol. The fraction of sp³-hybridized carbons (Fsp3) is 0.308. The van der Waals surface area contributed by atoms with Gasteiger partial charge in [-0.3, -0.25) is 24.4 Å². The minimum Gasteiger partial charge on any atom is -0.340 e. The van der Waals surface area contributed by atoms with Crippen molar-refractivity contribution < 1.29 is 14.4 Å². The van der Waals surface area contributed by atoms with Crippen LogP contribution in [0.3, 0.4) is 0 Å². The summed E-state index contributed by atoms with van der Waals surface area (Å²) < 4.78 is 0. The van der Waals surface area contributed by atoms with Gasteiger partial charge in [0, 0.05) is 25.6 Å². The summed E-state index contributed by atoms with van der Waals surface area (Å²) in [6, 6.07) is 18.8. The largest absolute Gasteiger partial charge is 0.340 e. The first-order valence-electron chi connectivity index (χ1n) is 11.0. The molecule has 1 saturated heterocycles. The summed E-state index contributed by atoms with van der Waals surface area (Å²) in [5, 5.41) is 7.07. The normalized spacial score (nSPS) is 18.1. The van der Waals surface area contributed by atoms with Crippen molar-refractivity contribution >= 4 is 17.7 Å². The predicted molar refractivity (Wildman–Crippen MR) is 124 cm³/mol. The fourth-order valence-electron chi connectivity index (χ4n) is 4.56. The zero-order valence-electron chi connectivity index (χ0n) is 19.2. The number of amides is 3. The highest BCUT2D eigenvalue weighted by molar-refractivity contribution is 6.10. The van der Waals surface area contributed by atoms with Gasteiger partial charge in [0.1, 0.15) is 0 Å². The average molecular weight is 445 g/mol. The highest BCUT2D eigenvalue weighted by atomic mass is 16.2. The quantitative estimate of drug-likeness (QED) is 0.567. The lowest BCUT2D eigenvalue weighted by Gasteiger charge is -2.30. The van der Waals surface area contributed by atoms with Crippen molar-refractivity contribution in [3.63, 3.8) is 0 Å². The smallest absolute Gasteiger partial charge is 0.241 e. The fourth-order valence-corrected chi connectivity index (χ4v) is 4.56. The van der Waals surface area contributed by atoms with Crippen LogP contribution in [0.15, 0.2) is 60.7 Å². The number of aromatic amines is 1. The molecule has 0 aliphatic carbocycles. The summed E-state index contributed by atoms with van der Waals surface area (Å²) in [7, 11) is 1.70. The van der Waals surface area contributed by atoms with E-state index >= 15 is 0 Å². The number of imide groups is 1. The number of carbonyl (C=O) groups is 3. The topological polar surface area (TPSA) is 86.4 Å². The van der Waals surface area contributed by atoms with Crippen LogP contribution in [0.1, 0.15) is 40.9 Å². The molecule has 1 fully saturated rings. The molecule has 1 unspecified atom stereocenters. The average Bonchev–Trinajstić information content (AvgIpc) is 3.30. The van der Waals surface area contributed by atoms with Crippen LogP contribution in [0.2, 0.25) is 0 Å². The van der Waals surface area contributed by atoms with E-state index in [4.69, 9.17) is 0 Å². The Morgan fingerprint density at radius 2 is 1.79 bits per heavy atom. The summed E-state index contributed by atoms with van der Waals surface area (Å²) in [6.45, 7) is 4.33. The minimum atomic E-state index is -1.22. The Balaban J connectivity index is 1.65. The van der Waals surface area contributed by atoms with Crippen molar-refractivity contribution in [3.8, 4) is 0 Å². The third-order valence-electron chi connectivity index (χ3n) is 6.29. The lowest BCUT2D eigenvalue weighted by atomic mass is 9.74. The minimum absolute atomic E-state index is 0.0232. The van der Waals surface area contributed by atoms with Crippen molar-refractivity contribution in [2.75, 3.05) is 7.05 Å². The van der Waals surface area contributed by atoms with E-state index in [-0.39, 0.29) is 37.1 Å². The Bertz CT molecular complexity index is 1190. The van der Waals surface area contributed by atoms with Gasteiger partial charge in [-0.05, 0) is 36.6 Å². The summed E-state index contributed by atoms with van der Waals surface area (Å²) in [5.41, 5.74) is 2.93. The van der Waals surface area contributed by atoms with Crippen molar-refractivity contribution in [2.24, 2.45) is 0 Å². The summed E-state index contributed by atoms with van der Waals surface area (Å²) in [6.07, 6.45) is -0.0990. The zero-order valence-corrected chi connectivity index (χ0v) is 19.2. The second-order valence-corrected chi connectivity index (χ2v) is 8.81. The number of aromatic nitrogens is 2. The molecule has 0 spiro atoms. The maximum Gasteiger partial charge on any atom is 0.241 e. The second-order valence-electron chi connectivity index (χ2n) is 8.81.